The minimum atomic E-state index is 0.220. The lowest BCUT2D eigenvalue weighted by atomic mass is 10.0. The van der Waals surface area contributed by atoms with Crippen molar-refractivity contribution in [1.82, 2.24) is 9.80 Å². The van der Waals surface area contributed by atoms with Crippen LogP contribution in [0.4, 0.5) is 0 Å². The number of likely N-dealkylation sites (N-methyl/N-ethyl adjacent to an activating group) is 1. The van der Waals surface area contributed by atoms with E-state index in [1.807, 2.05) is 12.1 Å². The Hall–Kier alpha value is -2.20. The van der Waals surface area contributed by atoms with Gasteiger partial charge in [0.25, 0.3) is 0 Å². The van der Waals surface area contributed by atoms with Crippen molar-refractivity contribution < 1.29 is 4.74 Å². The molecule has 3 rings (SSSR count). The number of nitrogens with two attached hydrogens (primary N) is 1. The van der Waals surface area contributed by atoms with Crippen LogP contribution >= 0.6 is 0 Å². The van der Waals surface area contributed by atoms with Gasteiger partial charge in [0.2, 0.25) is 0 Å². The van der Waals surface area contributed by atoms with Gasteiger partial charge in [-0.25, -0.2) is 0 Å². The fourth-order valence-electron chi connectivity index (χ4n) is 3.92. The normalized spacial score (nSPS) is 21.9. The van der Waals surface area contributed by atoms with Gasteiger partial charge in [0.1, 0.15) is 5.71 Å². The third kappa shape index (κ3) is 6.94. The van der Waals surface area contributed by atoms with Gasteiger partial charge >= 0.3 is 0 Å². The van der Waals surface area contributed by atoms with Crippen LogP contribution in [0.5, 0.6) is 0 Å². The highest BCUT2D eigenvalue weighted by Gasteiger charge is 2.13. The van der Waals surface area contributed by atoms with Crippen LogP contribution in [0.25, 0.3) is 0 Å². The lowest BCUT2D eigenvalue weighted by molar-refractivity contribution is 0.0226. The van der Waals surface area contributed by atoms with Crippen LogP contribution in [0.3, 0.4) is 0 Å². The van der Waals surface area contributed by atoms with Gasteiger partial charge in [0.05, 0.1) is 19.2 Å². The number of nitrogens with zero attached hydrogens (tertiary/aromatic N) is 4. The van der Waals surface area contributed by atoms with Gasteiger partial charge < -0.3 is 15.5 Å². The molecule has 2 aliphatic heterocycles. The average Bonchev–Trinajstić information content (AvgIpc) is 2.97. The summed E-state index contributed by atoms with van der Waals surface area (Å²) < 4.78 is 5.73. The van der Waals surface area contributed by atoms with Crippen LogP contribution in [0, 0.1) is 18.8 Å². The van der Waals surface area contributed by atoms with E-state index >= 15 is 0 Å². The summed E-state index contributed by atoms with van der Waals surface area (Å²) in [5.41, 5.74) is 3.80. The maximum atomic E-state index is 5.73. The molecule has 30 heavy (non-hydrogen) atoms. The second-order valence-electron chi connectivity index (χ2n) is 8.26. The van der Waals surface area contributed by atoms with E-state index in [0.717, 1.165) is 62.3 Å². The molecule has 2 aliphatic rings. The van der Waals surface area contributed by atoms with Gasteiger partial charge in [0.15, 0.2) is 0 Å². The third-order valence-electron chi connectivity index (χ3n) is 5.79. The number of rotatable bonds is 5. The number of hydrogen-bond donors (Lipinski definition) is 1. The Morgan fingerprint density at radius 2 is 2.13 bits per heavy atom. The Bertz CT molecular complexity index is 802. The quantitative estimate of drug-likeness (QED) is 0.351. The largest absolute Gasteiger partial charge is 0.376 e. The van der Waals surface area contributed by atoms with Crippen LogP contribution < -0.4 is 5.84 Å². The molecule has 0 spiro atoms. The molecule has 1 aromatic carbocycles. The zero-order valence-corrected chi connectivity index (χ0v) is 18.4. The summed E-state index contributed by atoms with van der Waals surface area (Å²) in [6, 6.07) is 6.17. The number of hydrogen-bond acceptors (Lipinski definition) is 6. The fraction of sp³-hybridized carbons (Fsp3) is 0.583. The van der Waals surface area contributed by atoms with E-state index in [2.05, 4.69) is 51.8 Å². The van der Waals surface area contributed by atoms with Crippen molar-refractivity contribution in [3.05, 3.63) is 34.9 Å². The Morgan fingerprint density at radius 3 is 2.90 bits per heavy atom. The summed E-state index contributed by atoms with van der Waals surface area (Å²) in [6.45, 7) is 8.89. The molecule has 0 radical (unpaired) electrons. The van der Waals surface area contributed by atoms with Gasteiger partial charge in [-0.05, 0) is 63.9 Å². The topological polar surface area (TPSA) is 66.5 Å². The van der Waals surface area contributed by atoms with Crippen LogP contribution in [0.2, 0.25) is 0 Å². The lowest BCUT2D eigenvalue weighted by Gasteiger charge is -2.20. The van der Waals surface area contributed by atoms with Crippen molar-refractivity contribution >= 4 is 11.9 Å². The van der Waals surface area contributed by atoms with Gasteiger partial charge in [-0.3, -0.25) is 9.89 Å². The number of aliphatic imine (C=N–C) groups is 1. The molecule has 0 saturated carbocycles. The van der Waals surface area contributed by atoms with Gasteiger partial charge in [-0.15, -0.1) is 0 Å². The monoisotopic (exact) mass is 409 g/mol. The number of benzene rings is 1. The minimum Gasteiger partial charge on any atom is -0.376 e. The highest BCUT2D eigenvalue weighted by Crippen LogP contribution is 2.14. The molecule has 2 fully saturated rings. The van der Waals surface area contributed by atoms with E-state index in [0.29, 0.717) is 12.3 Å². The van der Waals surface area contributed by atoms with E-state index in [4.69, 9.17) is 10.6 Å². The van der Waals surface area contributed by atoms with E-state index in [9.17, 15) is 0 Å². The van der Waals surface area contributed by atoms with Gasteiger partial charge in [0, 0.05) is 43.6 Å². The van der Waals surface area contributed by atoms with Crippen LogP contribution in [-0.4, -0.2) is 80.8 Å². The molecule has 1 aromatic rings. The Balaban J connectivity index is 1.57. The third-order valence-corrected chi connectivity index (χ3v) is 5.79. The highest BCUT2D eigenvalue weighted by atomic mass is 16.5. The molecular formula is C24H35N5O. The molecule has 0 amide bonds. The zero-order valence-electron chi connectivity index (χ0n) is 18.4. The SMILES string of the molecule is Cc1cc(C#CCN2CCCN(C)CC2)ccc1/C(C=NCC1CCCCO1)=N/N. The van der Waals surface area contributed by atoms with E-state index < -0.39 is 0 Å². The summed E-state index contributed by atoms with van der Waals surface area (Å²) in [6.07, 6.45) is 6.64. The van der Waals surface area contributed by atoms with Crippen molar-refractivity contribution in [2.75, 3.05) is 52.9 Å². The smallest absolute Gasteiger partial charge is 0.108 e. The van der Waals surface area contributed by atoms with Crippen molar-refractivity contribution in [3.63, 3.8) is 0 Å². The molecular weight excluding hydrogens is 374 g/mol. The first-order valence-electron chi connectivity index (χ1n) is 11.1. The molecule has 162 valence electrons. The molecule has 6 heteroatoms. The summed E-state index contributed by atoms with van der Waals surface area (Å²) >= 11 is 0. The highest BCUT2D eigenvalue weighted by molar-refractivity contribution is 6.38. The maximum absolute atomic E-state index is 5.73. The molecule has 1 atom stereocenters. The summed E-state index contributed by atoms with van der Waals surface area (Å²) in [7, 11) is 2.19. The molecule has 0 bridgehead atoms. The number of aryl methyl sites for hydroxylation is 1. The summed E-state index contributed by atoms with van der Waals surface area (Å²) in [4.78, 5) is 9.34. The predicted octanol–water partition coefficient (Wildman–Crippen LogP) is 2.29. The van der Waals surface area contributed by atoms with Crippen LogP contribution in [-0.2, 0) is 4.74 Å². The van der Waals surface area contributed by atoms with Crippen molar-refractivity contribution in [2.45, 2.75) is 38.7 Å². The molecule has 2 heterocycles. The van der Waals surface area contributed by atoms with Crippen molar-refractivity contribution in [1.29, 1.82) is 0 Å². The minimum absolute atomic E-state index is 0.220. The van der Waals surface area contributed by atoms with Crippen LogP contribution in [0.1, 0.15) is 42.4 Å². The number of ether oxygens (including phenoxy) is 1. The first kappa shape index (κ1) is 22.5. The van der Waals surface area contributed by atoms with Crippen LogP contribution in [0.15, 0.2) is 28.3 Å². The standard InChI is InChI=1S/C24H35N5O/c1-20-17-21(7-5-12-29-13-6-11-28(2)14-15-29)9-10-23(20)24(27-25)19-26-18-22-8-3-4-16-30-22/h9-10,17,19,22H,3-4,6,8,11-16,18,25H2,1-2H3/b26-19?,27-24+. The fourth-order valence-corrected chi connectivity index (χ4v) is 3.92. The maximum Gasteiger partial charge on any atom is 0.108 e. The average molecular weight is 410 g/mol. The predicted molar refractivity (Wildman–Crippen MR) is 124 cm³/mol. The second kappa shape index (κ2) is 11.8. The van der Waals surface area contributed by atoms with Crippen molar-refractivity contribution in [3.8, 4) is 11.8 Å². The Morgan fingerprint density at radius 1 is 1.23 bits per heavy atom. The molecule has 6 nitrogen and oxygen atoms in total. The molecule has 0 aliphatic carbocycles. The van der Waals surface area contributed by atoms with E-state index in [1.165, 1.54) is 19.4 Å². The Labute approximate surface area is 181 Å². The van der Waals surface area contributed by atoms with E-state index in [1.54, 1.807) is 6.21 Å². The molecule has 1 unspecified atom stereocenters. The second-order valence-corrected chi connectivity index (χ2v) is 8.26. The zero-order chi connectivity index (χ0) is 21.2. The lowest BCUT2D eigenvalue weighted by Crippen LogP contribution is -2.29. The first-order chi connectivity index (χ1) is 14.7. The molecule has 2 saturated heterocycles. The van der Waals surface area contributed by atoms with E-state index in [-0.39, 0.29) is 6.10 Å². The van der Waals surface area contributed by atoms with Gasteiger partial charge in [-0.1, -0.05) is 17.9 Å². The summed E-state index contributed by atoms with van der Waals surface area (Å²) in [5, 5.41) is 3.95. The van der Waals surface area contributed by atoms with Crippen molar-refractivity contribution in [2.24, 2.45) is 15.9 Å². The number of hydrazone groups is 1. The first-order valence-corrected chi connectivity index (χ1v) is 11.1. The summed E-state index contributed by atoms with van der Waals surface area (Å²) in [5.74, 6) is 12.3. The van der Waals surface area contributed by atoms with Gasteiger partial charge in [-0.2, -0.15) is 5.10 Å². The Kier molecular flexibility index (Phi) is 8.88. The molecule has 0 aromatic heterocycles. The molecule has 2 N–H and O–H groups in total.